The summed E-state index contributed by atoms with van der Waals surface area (Å²) in [6, 6.07) is 11.2. The molecule has 5 nitrogen and oxygen atoms in total. The van der Waals surface area contributed by atoms with Gasteiger partial charge >= 0.3 is 0 Å². The molecule has 1 aromatic carbocycles. The van der Waals surface area contributed by atoms with Gasteiger partial charge in [0.1, 0.15) is 0 Å². The third-order valence-electron chi connectivity index (χ3n) is 4.92. The molecule has 2 N–H and O–H groups in total. The number of rotatable bonds is 3. The Balaban J connectivity index is 1.89. The normalized spacial score (nSPS) is 23.6. The predicted molar refractivity (Wildman–Crippen MR) is 90.2 cm³/mol. The van der Waals surface area contributed by atoms with Crippen molar-refractivity contribution in [2.75, 3.05) is 13.1 Å². The molecule has 1 aliphatic rings. The maximum absolute atomic E-state index is 12.4. The summed E-state index contributed by atoms with van der Waals surface area (Å²) < 4.78 is 1.51. The van der Waals surface area contributed by atoms with Crippen LogP contribution < -0.4 is 10.9 Å². The topological polar surface area (TPSA) is 67.2 Å². The second-order valence-electron chi connectivity index (χ2n) is 6.95. The Bertz CT molecular complexity index is 739. The van der Waals surface area contributed by atoms with E-state index in [9.17, 15) is 9.90 Å². The van der Waals surface area contributed by atoms with Crippen LogP contribution in [0, 0.1) is 5.41 Å². The average molecular weight is 313 g/mol. The fourth-order valence-electron chi connectivity index (χ4n) is 3.09. The zero-order valence-corrected chi connectivity index (χ0v) is 13.6. The second kappa shape index (κ2) is 5.91. The third-order valence-corrected chi connectivity index (χ3v) is 4.92. The van der Waals surface area contributed by atoms with Gasteiger partial charge in [-0.25, -0.2) is 4.98 Å². The van der Waals surface area contributed by atoms with Crippen molar-refractivity contribution in [1.29, 1.82) is 0 Å². The standard InChI is InChI=1S/C18H23N3O2/c1-17(2)11-19-9-8-18(17,23)12-21-13-20-15(10-16(21)22)14-6-4-3-5-7-14/h3-7,10,13,19,23H,8-9,11-12H2,1-2H3. The van der Waals surface area contributed by atoms with Crippen LogP contribution in [0.1, 0.15) is 20.3 Å². The molecular weight excluding hydrogens is 290 g/mol. The summed E-state index contributed by atoms with van der Waals surface area (Å²) in [6.45, 7) is 5.80. The molecule has 0 aliphatic carbocycles. The number of nitrogens with zero attached hydrogens (tertiary/aromatic N) is 2. The largest absolute Gasteiger partial charge is 0.387 e. The van der Waals surface area contributed by atoms with Gasteiger partial charge in [0.25, 0.3) is 5.56 Å². The van der Waals surface area contributed by atoms with Gasteiger partial charge in [0, 0.05) is 23.6 Å². The van der Waals surface area contributed by atoms with E-state index < -0.39 is 5.60 Å². The van der Waals surface area contributed by atoms with Crippen molar-refractivity contribution >= 4 is 0 Å². The lowest BCUT2D eigenvalue weighted by molar-refractivity contribution is -0.0999. The molecule has 0 amide bonds. The van der Waals surface area contributed by atoms with E-state index in [1.807, 2.05) is 44.2 Å². The molecule has 1 aromatic heterocycles. The molecule has 2 heterocycles. The summed E-state index contributed by atoms with van der Waals surface area (Å²) in [5, 5.41) is 14.3. The van der Waals surface area contributed by atoms with Crippen molar-refractivity contribution in [2.24, 2.45) is 5.41 Å². The summed E-state index contributed by atoms with van der Waals surface area (Å²) >= 11 is 0. The number of piperidine rings is 1. The second-order valence-corrected chi connectivity index (χ2v) is 6.95. The van der Waals surface area contributed by atoms with Gasteiger partial charge in [-0.2, -0.15) is 0 Å². The van der Waals surface area contributed by atoms with Crippen LogP contribution in [0.5, 0.6) is 0 Å². The smallest absolute Gasteiger partial charge is 0.253 e. The lowest BCUT2D eigenvalue weighted by Crippen LogP contribution is -2.58. The van der Waals surface area contributed by atoms with Crippen molar-refractivity contribution in [3.05, 3.63) is 53.1 Å². The highest BCUT2D eigenvalue weighted by atomic mass is 16.3. The Morgan fingerprint density at radius 2 is 2.04 bits per heavy atom. The van der Waals surface area contributed by atoms with Crippen LogP contribution >= 0.6 is 0 Å². The maximum atomic E-state index is 12.4. The van der Waals surface area contributed by atoms with Crippen molar-refractivity contribution < 1.29 is 5.11 Å². The summed E-state index contributed by atoms with van der Waals surface area (Å²) in [4.78, 5) is 16.8. The highest BCUT2D eigenvalue weighted by Crippen LogP contribution is 2.36. The summed E-state index contributed by atoms with van der Waals surface area (Å²) in [7, 11) is 0. The number of hydrogen-bond acceptors (Lipinski definition) is 4. The van der Waals surface area contributed by atoms with Crippen molar-refractivity contribution in [2.45, 2.75) is 32.4 Å². The van der Waals surface area contributed by atoms with Gasteiger partial charge in [0.15, 0.2) is 0 Å². The molecule has 1 unspecified atom stereocenters. The van der Waals surface area contributed by atoms with Crippen LogP contribution in [0.15, 0.2) is 47.5 Å². The third kappa shape index (κ3) is 3.07. The van der Waals surface area contributed by atoms with Crippen LogP contribution in [-0.4, -0.2) is 33.3 Å². The van der Waals surface area contributed by atoms with E-state index in [-0.39, 0.29) is 17.5 Å². The summed E-state index contributed by atoms with van der Waals surface area (Å²) in [6.07, 6.45) is 2.16. The van der Waals surface area contributed by atoms with Gasteiger partial charge in [-0.05, 0) is 13.0 Å². The van der Waals surface area contributed by atoms with E-state index in [0.717, 1.165) is 18.7 Å². The van der Waals surface area contributed by atoms with E-state index in [1.54, 1.807) is 6.33 Å². The molecule has 1 atom stereocenters. The maximum Gasteiger partial charge on any atom is 0.253 e. The van der Waals surface area contributed by atoms with Gasteiger partial charge in [-0.3, -0.25) is 9.36 Å². The molecule has 1 fully saturated rings. The molecular formula is C18H23N3O2. The molecule has 122 valence electrons. The number of hydrogen-bond donors (Lipinski definition) is 2. The summed E-state index contributed by atoms with van der Waals surface area (Å²) in [5.41, 5.74) is 0.212. The molecule has 23 heavy (non-hydrogen) atoms. The Morgan fingerprint density at radius 3 is 2.70 bits per heavy atom. The molecule has 0 radical (unpaired) electrons. The van der Waals surface area contributed by atoms with E-state index in [4.69, 9.17) is 0 Å². The number of aromatic nitrogens is 2. The first-order valence-electron chi connectivity index (χ1n) is 7.96. The minimum atomic E-state index is -0.919. The van der Waals surface area contributed by atoms with E-state index in [0.29, 0.717) is 12.1 Å². The van der Waals surface area contributed by atoms with Crippen LogP contribution in [0.4, 0.5) is 0 Å². The fraction of sp³-hybridized carbons (Fsp3) is 0.444. The Morgan fingerprint density at radius 1 is 1.30 bits per heavy atom. The molecule has 0 saturated carbocycles. The molecule has 0 spiro atoms. The van der Waals surface area contributed by atoms with Crippen LogP contribution in [-0.2, 0) is 6.54 Å². The van der Waals surface area contributed by atoms with Crippen molar-refractivity contribution in [1.82, 2.24) is 14.9 Å². The van der Waals surface area contributed by atoms with Gasteiger partial charge in [-0.1, -0.05) is 44.2 Å². The highest BCUT2D eigenvalue weighted by molar-refractivity contribution is 5.57. The van der Waals surface area contributed by atoms with Crippen LogP contribution in [0.25, 0.3) is 11.3 Å². The number of aliphatic hydroxyl groups is 1. The molecule has 2 aromatic rings. The first kappa shape index (κ1) is 15.9. The molecule has 1 aliphatic heterocycles. The fourth-order valence-corrected chi connectivity index (χ4v) is 3.09. The predicted octanol–water partition coefficient (Wildman–Crippen LogP) is 1.66. The zero-order chi connectivity index (χ0) is 16.5. The minimum Gasteiger partial charge on any atom is -0.387 e. The Kier molecular flexibility index (Phi) is 4.08. The average Bonchev–Trinajstić information content (AvgIpc) is 2.53. The van der Waals surface area contributed by atoms with Crippen molar-refractivity contribution in [3.8, 4) is 11.3 Å². The van der Waals surface area contributed by atoms with E-state index in [2.05, 4.69) is 10.3 Å². The first-order valence-corrected chi connectivity index (χ1v) is 7.96. The SMILES string of the molecule is CC1(C)CNCCC1(O)Cn1cnc(-c2ccccc2)cc1=O. The molecule has 3 rings (SSSR count). The Hall–Kier alpha value is -1.98. The van der Waals surface area contributed by atoms with E-state index >= 15 is 0 Å². The van der Waals surface area contributed by atoms with Gasteiger partial charge in [0.05, 0.1) is 24.2 Å². The quantitative estimate of drug-likeness (QED) is 0.904. The lowest BCUT2D eigenvalue weighted by atomic mass is 9.70. The molecule has 5 heteroatoms. The number of benzene rings is 1. The minimum absolute atomic E-state index is 0.137. The summed E-state index contributed by atoms with van der Waals surface area (Å²) in [5.74, 6) is 0. The highest BCUT2D eigenvalue weighted by Gasteiger charge is 2.45. The zero-order valence-electron chi connectivity index (χ0n) is 13.6. The molecule has 1 saturated heterocycles. The van der Waals surface area contributed by atoms with Crippen LogP contribution in [0.3, 0.4) is 0 Å². The van der Waals surface area contributed by atoms with Gasteiger partial charge in [-0.15, -0.1) is 0 Å². The van der Waals surface area contributed by atoms with Gasteiger partial charge < -0.3 is 10.4 Å². The van der Waals surface area contributed by atoms with Gasteiger partial charge in [0.2, 0.25) is 0 Å². The number of nitrogens with one attached hydrogen (secondary N) is 1. The monoisotopic (exact) mass is 313 g/mol. The van der Waals surface area contributed by atoms with Crippen molar-refractivity contribution in [3.63, 3.8) is 0 Å². The first-order chi connectivity index (χ1) is 10.9. The lowest BCUT2D eigenvalue weighted by Gasteiger charge is -2.46. The molecule has 0 bridgehead atoms. The Labute approximate surface area is 136 Å². The van der Waals surface area contributed by atoms with E-state index in [1.165, 1.54) is 10.6 Å². The van der Waals surface area contributed by atoms with Crippen LogP contribution in [0.2, 0.25) is 0 Å².